The summed E-state index contributed by atoms with van der Waals surface area (Å²) >= 11 is 3.03. The number of rotatable bonds is 2. The summed E-state index contributed by atoms with van der Waals surface area (Å²) in [6, 6.07) is 5.60. The van der Waals surface area contributed by atoms with Crippen LogP contribution in [0.4, 0.5) is 5.69 Å². The zero-order valence-corrected chi connectivity index (χ0v) is 10.3. The summed E-state index contributed by atoms with van der Waals surface area (Å²) in [5, 5.41) is 3.05. The third kappa shape index (κ3) is 1.87. The number of hydrogen-bond donors (Lipinski definition) is 1. The molecule has 0 saturated heterocycles. The van der Waals surface area contributed by atoms with Gasteiger partial charge in [-0.2, -0.15) is 0 Å². The van der Waals surface area contributed by atoms with Crippen LogP contribution in [-0.4, -0.2) is 34.2 Å². The minimum atomic E-state index is -0.0759. The number of halogens is 1. The Morgan fingerprint density at radius 2 is 2.36 bits per heavy atom. The summed E-state index contributed by atoms with van der Waals surface area (Å²) in [4.78, 5) is 11.2. The fraction of sp³-hybridized carbons (Fsp3) is 0.125. The molecule has 4 nitrogen and oxygen atoms in total. The molecule has 0 aliphatic rings. The molecule has 0 fully saturated rings. The van der Waals surface area contributed by atoms with E-state index in [0.29, 0.717) is 5.33 Å². The number of carbonyl (C=O) groups is 1. The van der Waals surface area contributed by atoms with Gasteiger partial charge in [0.15, 0.2) is 0 Å². The molecule has 0 atom stereocenters. The minimum absolute atomic E-state index is 0.0580. The summed E-state index contributed by atoms with van der Waals surface area (Å²) in [5.74, 6) is -0.0759. The molecule has 0 aliphatic heterocycles. The van der Waals surface area contributed by atoms with Crippen LogP contribution in [0.15, 0.2) is 18.2 Å². The van der Waals surface area contributed by atoms with E-state index in [1.807, 2.05) is 18.2 Å². The molecule has 72 valence electrons. The first-order valence-corrected chi connectivity index (χ1v) is 6.54. The normalized spacial score (nSPS) is 10.4. The van der Waals surface area contributed by atoms with E-state index in [1.165, 1.54) is 0 Å². The summed E-state index contributed by atoms with van der Waals surface area (Å²) in [7, 11) is 0. The Hall–Kier alpha value is -0.711. The zero-order valence-electron chi connectivity index (χ0n) is 7.03. The Bertz CT molecular complexity index is 470. The number of nitrogens with one attached hydrogen (secondary N) is 1. The molecule has 1 amide bonds. The van der Waals surface area contributed by atoms with Crippen LogP contribution in [0, 0.1) is 0 Å². The van der Waals surface area contributed by atoms with Gasteiger partial charge in [-0.1, -0.05) is 0 Å². The average Bonchev–Trinajstić information content (AvgIpc) is 2.66. The van der Waals surface area contributed by atoms with E-state index in [0.717, 1.165) is 16.7 Å². The molecule has 0 spiro atoms. The van der Waals surface area contributed by atoms with Crippen molar-refractivity contribution in [3.05, 3.63) is 18.2 Å². The van der Waals surface area contributed by atoms with E-state index < -0.39 is 0 Å². The molecule has 0 radical (unpaired) electrons. The predicted molar refractivity (Wildman–Crippen MR) is 58.9 cm³/mol. The number of amides is 1. The molecule has 1 aromatic carbocycles. The van der Waals surface area contributed by atoms with Crippen molar-refractivity contribution < 1.29 is 4.79 Å². The van der Waals surface area contributed by atoms with Gasteiger partial charge in [-0.15, -0.1) is 0 Å². The second-order valence-electron chi connectivity index (χ2n) is 2.62. The molecule has 6 heteroatoms. The maximum atomic E-state index is 11.2. The van der Waals surface area contributed by atoms with Gasteiger partial charge in [-0.25, -0.2) is 0 Å². The number of benzene rings is 1. The van der Waals surface area contributed by atoms with Gasteiger partial charge in [0, 0.05) is 0 Å². The molecule has 14 heavy (non-hydrogen) atoms. The standard InChI is InChI=1S/C8H6BrN3OSe/c9-4-7(13)10-5-2-1-3-6-8(5)12-14-11-6/h1-3H,4H2,(H,10,13). The Morgan fingerprint density at radius 3 is 3.14 bits per heavy atom. The number of aromatic nitrogens is 2. The second-order valence-corrected chi connectivity index (χ2v) is 4.29. The van der Waals surface area contributed by atoms with E-state index >= 15 is 0 Å². The van der Waals surface area contributed by atoms with E-state index in [2.05, 4.69) is 29.2 Å². The number of anilines is 1. The zero-order chi connectivity index (χ0) is 9.97. The number of fused-ring (bicyclic) bond motifs is 1. The van der Waals surface area contributed by atoms with Crippen LogP contribution in [0.25, 0.3) is 11.0 Å². The van der Waals surface area contributed by atoms with Crippen molar-refractivity contribution in [2.45, 2.75) is 0 Å². The van der Waals surface area contributed by atoms with Crippen LogP contribution in [-0.2, 0) is 4.79 Å². The van der Waals surface area contributed by atoms with E-state index in [-0.39, 0.29) is 20.9 Å². The first-order chi connectivity index (χ1) is 6.81. The quantitative estimate of drug-likeness (QED) is 0.664. The van der Waals surface area contributed by atoms with E-state index in [4.69, 9.17) is 0 Å². The van der Waals surface area contributed by atoms with Gasteiger partial charge in [0.25, 0.3) is 0 Å². The van der Waals surface area contributed by atoms with Gasteiger partial charge in [0.05, 0.1) is 0 Å². The fourth-order valence-electron chi connectivity index (χ4n) is 1.09. The molecule has 0 bridgehead atoms. The molecule has 1 aromatic heterocycles. The number of hydrogen-bond acceptors (Lipinski definition) is 3. The summed E-state index contributed by atoms with van der Waals surface area (Å²) in [6.45, 7) is 0. The SMILES string of the molecule is O=C(CBr)Nc1cccc2n[se]nc12. The van der Waals surface area contributed by atoms with Crippen LogP contribution in [0.2, 0.25) is 0 Å². The third-order valence-corrected chi connectivity index (χ3v) is 3.33. The van der Waals surface area contributed by atoms with Crippen LogP contribution in [0.3, 0.4) is 0 Å². The topological polar surface area (TPSA) is 54.9 Å². The molecular formula is C8H6BrN3OSe. The Labute approximate surface area is 95.1 Å². The predicted octanol–water partition coefficient (Wildman–Crippen LogP) is 1.02. The summed E-state index contributed by atoms with van der Waals surface area (Å²) in [5.41, 5.74) is 2.43. The molecule has 0 unspecified atom stereocenters. The molecule has 2 aromatic rings. The number of nitrogens with zero attached hydrogens (tertiary/aromatic N) is 2. The van der Waals surface area contributed by atoms with Crippen molar-refractivity contribution in [3.63, 3.8) is 0 Å². The first-order valence-electron chi connectivity index (χ1n) is 3.88. The van der Waals surface area contributed by atoms with Crippen molar-refractivity contribution in [2.75, 3.05) is 10.6 Å². The Balaban J connectivity index is 2.41. The Morgan fingerprint density at radius 1 is 1.50 bits per heavy atom. The Kier molecular flexibility index (Phi) is 2.96. The average molecular weight is 319 g/mol. The van der Waals surface area contributed by atoms with Crippen molar-refractivity contribution in [3.8, 4) is 0 Å². The van der Waals surface area contributed by atoms with Gasteiger partial charge in [0.1, 0.15) is 0 Å². The van der Waals surface area contributed by atoms with Gasteiger partial charge >= 0.3 is 95.1 Å². The monoisotopic (exact) mass is 319 g/mol. The van der Waals surface area contributed by atoms with Crippen molar-refractivity contribution in [1.82, 2.24) is 7.96 Å². The van der Waals surface area contributed by atoms with Gasteiger partial charge in [0.2, 0.25) is 0 Å². The van der Waals surface area contributed by atoms with Crippen molar-refractivity contribution >= 4 is 53.5 Å². The van der Waals surface area contributed by atoms with Crippen molar-refractivity contribution in [2.24, 2.45) is 0 Å². The molecule has 1 N–H and O–H groups in total. The maximum absolute atomic E-state index is 11.2. The molecule has 0 saturated carbocycles. The van der Waals surface area contributed by atoms with Gasteiger partial charge in [-0.3, -0.25) is 0 Å². The van der Waals surface area contributed by atoms with Crippen LogP contribution < -0.4 is 5.32 Å². The van der Waals surface area contributed by atoms with Crippen LogP contribution >= 0.6 is 15.9 Å². The summed E-state index contributed by atoms with van der Waals surface area (Å²) in [6.07, 6.45) is 0. The molecule has 1 heterocycles. The summed E-state index contributed by atoms with van der Waals surface area (Å²) < 4.78 is 8.48. The van der Waals surface area contributed by atoms with E-state index in [1.54, 1.807) is 0 Å². The molecule has 2 rings (SSSR count). The number of carbonyl (C=O) groups excluding carboxylic acids is 1. The molecular weight excluding hydrogens is 313 g/mol. The van der Waals surface area contributed by atoms with Gasteiger partial charge < -0.3 is 0 Å². The van der Waals surface area contributed by atoms with Gasteiger partial charge in [-0.05, 0) is 0 Å². The van der Waals surface area contributed by atoms with Crippen molar-refractivity contribution in [1.29, 1.82) is 0 Å². The third-order valence-electron chi connectivity index (χ3n) is 1.68. The van der Waals surface area contributed by atoms with Crippen LogP contribution in [0.1, 0.15) is 0 Å². The molecule has 0 aliphatic carbocycles. The van der Waals surface area contributed by atoms with Crippen LogP contribution in [0.5, 0.6) is 0 Å². The fourth-order valence-corrected chi connectivity index (χ4v) is 2.38. The van der Waals surface area contributed by atoms with E-state index in [9.17, 15) is 4.79 Å². The first kappa shape index (κ1) is 9.83. The number of alkyl halides is 1. The second kappa shape index (κ2) is 4.21.